The minimum atomic E-state index is -0.239. The molecule has 1 saturated heterocycles. The topological polar surface area (TPSA) is 83.7 Å². The summed E-state index contributed by atoms with van der Waals surface area (Å²) in [6.07, 6.45) is 4.64. The van der Waals surface area contributed by atoms with Crippen molar-refractivity contribution in [2.75, 3.05) is 25.6 Å². The fourth-order valence-electron chi connectivity index (χ4n) is 6.30. The molecule has 0 radical (unpaired) electrons. The number of carbonyl (C=O) groups excluding carboxylic acids is 1. The monoisotopic (exact) mass is 522 g/mol. The Morgan fingerprint density at radius 3 is 2.69 bits per heavy atom. The summed E-state index contributed by atoms with van der Waals surface area (Å²) in [5, 5.41) is 2.02. The third kappa shape index (κ3) is 4.74. The van der Waals surface area contributed by atoms with Crippen LogP contribution in [0.2, 0.25) is 0 Å². The number of benzene rings is 3. The SMILES string of the molecule is CCOC(=O)Cc1c(C)cccc1OC1CC2(CCOCC2)c2ccc(-c3ccc4ccnc(N)c4c3)cc21. The Bertz CT molecular complexity index is 1540. The number of hydrogen-bond acceptors (Lipinski definition) is 6. The van der Waals surface area contributed by atoms with Crippen LogP contribution in [-0.2, 0) is 26.1 Å². The van der Waals surface area contributed by atoms with Crippen molar-refractivity contribution < 1.29 is 19.0 Å². The number of aryl methyl sites for hydroxylation is 1. The Morgan fingerprint density at radius 2 is 1.87 bits per heavy atom. The molecule has 1 atom stereocenters. The number of aromatic nitrogens is 1. The molecule has 1 unspecified atom stereocenters. The molecule has 200 valence electrons. The number of pyridine rings is 1. The van der Waals surface area contributed by atoms with Crippen molar-refractivity contribution in [3.63, 3.8) is 0 Å². The summed E-state index contributed by atoms with van der Waals surface area (Å²) in [5.41, 5.74) is 12.9. The maximum Gasteiger partial charge on any atom is 0.310 e. The zero-order valence-corrected chi connectivity index (χ0v) is 22.5. The van der Waals surface area contributed by atoms with Crippen LogP contribution in [0.5, 0.6) is 5.75 Å². The largest absolute Gasteiger partial charge is 0.485 e. The summed E-state index contributed by atoms with van der Waals surface area (Å²) >= 11 is 0. The van der Waals surface area contributed by atoms with Crippen LogP contribution in [0.25, 0.3) is 21.9 Å². The van der Waals surface area contributed by atoms with Gasteiger partial charge in [0.2, 0.25) is 0 Å². The van der Waals surface area contributed by atoms with Crippen LogP contribution in [0, 0.1) is 6.92 Å². The second-order valence-electron chi connectivity index (χ2n) is 10.7. The van der Waals surface area contributed by atoms with E-state index in [1.807, 2.05) is 38.1 Å². The lowest BCUT2D eigenvalue weighted by Gasteiger charge is -2.34. The molecule has 1 fully saturated rings. The highest BCUT2D eigenvalue weighted by Gasteiger charge is 2.46. The van der Waals surface area contributed by atoms with Gasteiger partial charge in [0.25, 0.3) is 0 Å². The van der Waals surface area contributed by atoms with E-state index in [9.17, 15) is 4.79 Å². The second kappa shape index (κ2) is 10.3. The van der Waals surface area contributed by atoms with Gasteiger partial charge in [-0.15, -0.1) is 0 Å². The van der Waals surface area contributed by atoms with E-state index in [1.165, 1.54) is 11.1 Å². The average molecular weight is 523 g/mol. The number of anilines is 1. The number of nitrogens with zero attached hydrogens (tertiary/aromatic N) is 1. The van der Waals surface area contributed by atoms with Crippen LogP contribution in [-0.4, -0.2) is 30.8 Å². The van der Waals surface area contributed by atoms with Gasteiger partial charge in [0.15, 0.2) is 0 Å². The van der Waals surface area contributed by atoms with Crippen LogP contribution in [0.1, 0.15) is 54.5 Å². The van der Waals surface area contributed by atoms with Crippen LogP contribution in [0.15, 0.2) is 66.9 Å². The molecule has 1 aliphatic heterocycles. The summed E-state index contributed by atoms with van der Waals surface area (Å²) in [6.45, 7) is 5.71. The van der Waals surface area contributed by atoms with Crippen LogP contribution in [0.3, 0.4) is 0 Å². The van der Waals surface area contributed by atoms with E-state index in [2.05, 4.69) is 41.4 Å². The molecule has 4 aromatic rings. The number of rotatable bonds is 6. The molecular formula is C33H34N2O4. The fraction of sp³-hybridized carbons (Fsp3) is 0.333. The van der Waals surface area contributed by atoms with Crippen molar-refractivity contribution in [1.29, 1.82) is 0 Å². The van der Waals surface area contributed by atoms with Crippen molar-refractivity contribution in [2.45, 2.75) is 51.0 Å². The van der Waals surface area contributed by atoms with Crippen molar-refractivity contribution in [3.05, 3.63) is 89.1 Å². The predicted molar refractivity (Wildman–Crippen MR) is 153 cm³/mol. The van der Waals surface area contributed by atoms with Gasteiger partial charge in [-0.2, -0.15) is 0 Å². The first-order chi connectivity index (χ1) is 19.0. The highest BCUT2D eigenvalue weighted by Crippen LogP contribution is 2.53. The normalized spacial score (nSPS) is 17.7. The van der Waals surface area contributed by atoms with E-state index in [1.54, 1.807) is 6.20 Å². The second-order valence-corrected chi connectivity index (χ2v) is 10.7. The first-order valence-electron chi connectivity index (χ1n) is 13.7. The van der Waals surface area contributed by atoms with Gasteiger partial charge < -0.3 is 19.9 Å². The van der Waals surface area contributed by atoms with Crippen LogP contribution in [0.4, 0.5) is 5.82 Å². The van der Waals surface area contributed by atoms with Crippen molar-refractivity contribution in [2.24, 2.45) is 0 Å². The zero-order valence-electron chi connectivity index (χ0n) is 22.5. The molecule has 6 nitrogen and oxygen atoms in total. The van der Waals surface area contributed by atoms with E-state index in [4.69, 9.17) is 19.9 Å². The number of esters is 1. The molecule has 1 spiro atoms. The lowest BCUT2D eigenvalue weighted by atomic mass is 9.75. The maximum absolute atomic E-state index is 12.4. The van der Waals surface area contributed by atoms with Crippen LogP contribution >= 0.6 is 0 Å². The summed E-state index contributed by atoms with van der Waals surface area (Å²) in [7, 11) is 0. The van der Waals surface area contributed by atoms with E-state index in [0.29, 0.717) is 12.4 Å². The lowest BCUT2D eigenvalue weighted by molar-refractivity contribution is -0.142. The molecule has 0 bridgehead atoms. The quantitative estimate of drug-likeness (QED) is 0.292. The molecule has 2 heterocycles. The highest BCUT2D eigenvalue weighted by molar-refractivity contribution is 5.94. The van der Waals surface area contributed by atoms with Gasteiger partial charge in [0.1, 0.15) is 17.7 Å². The Morgan fingerprint density at radius 1 is 1.08 bits per heavy atom. The van der Waals surface area contributed by atoms with Crippen molar-refractivity contribution >= 4 is 22.6 Å². The summed E-state index contributed by atoms with van der Waals surface area (Å²) in [6, 6.07) is 21.1. The number of fused-ring (bicyclic) bond motifs is 3. The molecule has 0 amide bonds. The van der Waals surface area contributed by atoms with E-state index in [0.717, 1.165) is 71.3 Å². The van der Waals surface area contributed by atoms with Gasteiger partial charge in [0, 0.05) is 35.8 Å². The van der Waals surface area contributed by atoms with Gasteiger partial charge in [-0.25, -0.2) is 4.98 Å². The molecule has 3 aromatic carbocycles. The first kappa shape index (κ1) is 25.4. The number of nitrogens with two attached hydrogens (primary N) is 1. The van der Waals surface area contributed by atoms with E-state index in [-0.39, 0.29) is 23.9 Å². The molecular weight excluding hydrogens is 488 g/mol. The van der Waals surface area contributed by atoms with Gasteiger partial charge in [-0.1, -0.05) is 36.4 Å². The smallest absolute Gasteiger partial charge is 0.310 e. The number of hydrogen-bond donors (Lipinski definition) is 1. The molecule has 2 N–H and O–H groups in total. The fourth-order valence-corrected chi connectivity index (χ4v) is 6.30. The lowest BCUT2D eigenvalue weighted by Crippen LogP contribution is -2.32. The predicted octanol–water partition coefficient (Wildman–Crippen LogP) is 6.47. The molecule has 6 rings (SSSR count). The number of nitrogen functional groups attached to an aromatic ring is 1. The van der Waals surface area contributed by atoms with Gasteiger partial charge in [-0.3, -0.25) is 4.79 Å². The van der Waals surface area contributed by atoms with E-state index >= 15 is 0 Å². The summed E-state index contributed by atoms with van der Waals surface area (Å²) < 4.78 is 17.8. The van der Waals surface area contributed by atoms with Crippen molar-refractivity contribution in [1.82, 2.24) is 4.98 Å². The molecule has 1 aromatic heterocycles. The highest BCUT2D eigenvalue weighted by atomic mass is 16.5. The standard InChI is InChI=1S/C33H34N2O4/c1-3-38-31(36)19-25-21(2)5-4-6-29(25)39-30-20-33(12-15-37-16-13-33)28-10-9-24(18-27(28)30)23-8-7-22-11-14-35-32(34)26(22)17-23/h4-11,14,17-18,30H,3,12-13,15-16,19-20H2,1-2H3,(H2,34,35). The number of carbonyl (C=O) groups is 1. The minimum absolute atomic E-state index is 0.0274. The molecule has 39 heavy (non-hydrogen) atoms. The average Bonchev–Trinajstić information content (AvgIpc) is 3.22. The summed E-state index contributed by atoms with van der Waals surface area (Å²) in [4.78, 5) is 16.7. The Hall–Kier alpha value is -3.90. The van der Waals surface area contributed by atoms with Crippen LogP contribution < -0.4 is 10.5 Å². The van der Waals surface area contributed by atoms with Gasteiger partial charge in [-0.05, 0) is 90.6 Å². The molecule has 0 saturated carbocycles. The zero-order chi connectivity index (χ0) is 27.0. The minimum Gasteiger partial charge on any atom is -0.485 e. The molecule has 2 aliphatic rings. The third-order valence-electron chi connectivity index (χ3n) is 8.39. The maximum atomic E-state index is 12.4. The van der Waals surface area contributed by atoms with Gasteiger partial charge >= 0.3 is 5.97 Å². The Kier molecular flexibility index (Phi) is 6.73. The molecule has 6 heteroatoms. The van der Waals surface area contributed by atoms with Crippen molar-refractivity contribution in [3.8, 4) is 16.9 Å². The Balaban J connectivity index is 1.40. The molecule has 1 aliphatic carbocycles. The van der Waals surface area contributed by atoms with E-state index < -0.39 is 0 Å². The Labute approximate surface area is 229 Å². The third-order valence-corrected chi connectivity index (χ3v) is 8.39. The summed E-state index contributed by atoms with van der Waals surface area (Å²) in [5.74, 6) is 1.04. The van der Waals surface area contributed by atoms with Gasteiger partial charge in [0.05, 0.1) is 13.0 Å². The number of ether oxygens (including phenoxy) is 3. The first-order valence-corrected chi connectivity index (χ1v) is 13.7.